The van der Waals surface area contributed by atoms with Gasteiger partial charge in [0, 0.05) is 24.6 Å². The predicted octanol–water partition coefficient (Wildman–Crippen LogP) is 3.64. The van der Waals surface area contributed by atoms with Crippen LogP contribution in [-0.4, -0.2) is 68.0 Å². The monoisotopic (exact) mass is 442 g/mol. The number of amides is 2. The van der Waals surface area contributed by atoms with Crippen molar-refractivity contribution in [2.24, 2.45) is 5.92 Å². The lowest BCUT2D eigenvalue weighted by molar-refractivity contribution is 0.0665. The van der Waals surface area contributed by atoms with E-state index in [2.05, 4.69) is 4.90 Å². The summed E-state index contributed by atoms with van der Waals surface area (Å²) in [5.74, 6) is -0.577. The summed E-state index contributed by atoms with van der Waals surface area (Å²) in [7, 11) is 2.70. The van der Waals surface area contributed by atoms with Crippen LogP contribution in [0.3, 0.4) is 0 Å². The number of ether oxygens (including phenoxy) is 2. The average molecular weight is 442 g/mol. The van der Waals surface area contributed by atoms with Gasteiger partial charge in [-0.3, -0.25) is 9.59 Å². The van der Waals surface area contributed by atoms with Crippen LogP contribution >= 0.6 is 0 Å². The molecule has 2 aromatic carbocycles. The number of methoxy groups -OCH3 is 2. The minimum Gasteiger partial charge on any atom is -0.496 e. The lowest BCUT2D eigenvalue weighted by atomic mass is 9.89. The van der Waals surface area contributed by atoms with Gasteiger partial charge in [0.2, 0.25) is 0 Å². The summed E-state index contributed by atoms with van der Waals surface area (Å²) in [5, 5.41) is 0. The summed E-state index contributed by atoms with van der Waals surface area (Å²) in [6.07, 6.45) is 0.589. The van der Waals surface area contributed by atoms with Gasteiger partial charge in [-0.2, -0.15) is 0 Å². The topological polar surface area (TPSA) is 76.2 Å². The minimum atomic E-state index is -0.734. The molecule has 0 aliphatic carbocycles. The van der Waals surface area contributed by atoms with Crippen LogP contribution in [0.15, 0.2) is 48.5 Å². The molecule has 8 heteroatoms. The molecule has 3 rings (SSSR count). The van der Waals surface area contributed by atoms with E-state index in [9.17, 15) is 18.8 Å². The zero-order valence-electron chi connectivity index (χ0n) is 18.3. The second kappa shape index (κ2) is 10.9. The molecule has 0 bridgehead atoms. The molecule has 1 heterocycles. The third kappa shape index (κ3) is 5.50. The number of imide groups is 1. The molecule has 7 nitrogen and oxygen atoms in total. The first-order chi connectivity index (χ1) is 15.4. The Labute approximate surface area is 186 Å². The van der Waals surface area contributed by atoms with Gasteiger partial charge >= 0.3 is 6.09 Å². The summed E-state index contributed by atoms with van der Waals surface area (Å²) in [4.78, 5) is 41.1. The molecule has 0 aromatic heterocycles. The molecule has 2 amide bonds. The van der Waals surface area contributed by atoms with Crippen LogP contribution in [0.4, 0.5) is 9.18 Å². The van der Waals surface area contributed by atoms with Crippen LogP contribution in [0.1, 0.15) is 33.6 Å². The summed E-state index contributed by atoms with van der Waals surface area (Å²) in [5.41, 5.74) is 0.799. The van der Waals surface area contributed by atoms with E-state index in [1.807, 2.05) is 0 Å². The van der Waals surface area contributed by atoms with Gasteiger partial charge in [0.15, 0.2) is 5.78 Å². The van der Waals surface area contributed by atoms with Crippen molar-refractivity contribution < 1.29 is 28.2 Å². The van der Waals surface area contributed by atoms with Gasteiger partial charge in [0.25, 0.3) is 5.91 Å². The van der Waals surface area contributed by atoms with E-state index < -0.39 is 12.0 Å². The molecule has 0 atom stereocenters. The zero-order valence-corrected chi connectivity index (χ0v) is 18.3. The largest absolute Gasteiger partial charge is 0.496 e. The Hall–Kier alpha value is -3.26. The molecule has 0 radical (unpaired) electrons. The Kier molecular flexibility index (Phi) is 7.94. The lowest BCUT2D eigenvalue weighted by Gasteiger charge is -2.32. The van der Waals surface area contributed by atoms with Gasteiger partial charge in [-0.05, 0) is 62.3 Å². The molecule has 2 aromatic rings. The Morgan fingerprint density at radius 1 is 1.03 bits per heavy atom. The number of para-hydroxylation sites is 1. The standard InChI is InChI=1S/C24H27FN2O5/c1-31-21-6-4-3-5-20(21)23(29)27(24(30)32-2)16-15-26-13-11-18(12-14-26)22(28)17-7-9-19(25)10-8-17/h3-10,18H,11-16H2,1-2H3. The number of Topliss-reactive ketones (excluding diaryl/α,β-unsaturated/α-hetero) is 1. The van der Waals surface area contributed by atoms with E-state index in [0.717, 1.165) is 4.90 Å². The van der Waals surface area contributed by atoms with Crippen molar-refractivity contribution in [1.29, 1.82) is 0 Å². The van der Waals surface area contributed by atoms with Gasteiger partial charge in [0.1, 0.15) is 11.6 Å². The number of benzene rings is 2. The molecular weight excluding hydrogens is 415 g/mol. The molecule has 1 aliphatic heterocycles. The van der Waals surface area contributed by atoms with E-state index in [-0.39, 0.29) is 29.6 Å². The molecule has 0 N–H and O–H groups in total. The maximum Gasteiger partial charge on any atom is 0.416 e. The summed E-state index contributed by atoms with van der Waals surface area (Å²) < 4.78 is 23.1. The Balaban J connectivity index is 1.58. The molecule has 32 heavy (non-hydrogen) atoms. The van der Waals surface area contributed by atoms with Gasteiger partial charge in [-0.25, -0.2) is 14.1 Å². The van der Waals surface area contributed by atoms with E-state index in [1.54, 1.807) is 24.3 Å². The van der Waals surface area contributed by atoms with Crippen LogP contribution in [-0.2, 0) is 4.74 Å². The number of piperidine rings is 1. The second-order valence-electron chi connectivity index (χ2n) is 7.61. The van der Waals surface area contributed by atoms with Crippen molar-refractivity contribution in [3.8, 4) is 5.75 Å². The molecule has 0 saturated carbocycles. The normalized spacial score (nSPS) is 14.6. The van der Waals surface area contributed by atoms with Gasteiger partial charge < -0.3 is 14.4 Å². The minimum absolute atomic E-state index is 0.0205. The molecule has 1 fully saturated rings. The molecule has 170 valence electrons. The fourth-order valence-electron chi connectivity index (χ4n) is 3.86. The SMILES string of the molecule is COC(=O)N(CCN1CCC(C(=O)c2ccc(F)cc2)CC1)C(=O)c1ccccc1OC. The number of rotatable bonds is 7. The van der Waals surface area contributed by atoms with Crippen molar-refractivity contribution in [2.75, 3.05) is 40.4 Å². The third-order valence-electron chi connectivity index (χ3n) is 5.70. The number of ketones is 1. The van der Waals surface area contributed by atoms with E-state index in [4.69, 9.17) is 9.47 Å². The predicted molar refractivity (Wildman–Crippen MR) is 116 cm³/mol. The van der Waals surface area contributed by atoms with Crippen LogP contribution in [0.5, 0.6) is 5.75 Å². The number of carbonyl (C=O) groups is 3. The lowest BCUT2D eigenvalue weighted by Crippen LogP contribution is -2.45. The number of halogens is 1. The Bertz CT molecular complexity index is 955. The zero-order chi connectivity index (χ0) is 23.1. The maximum absolute atomic E-state index is 13.1. The fraction of sp³-hybridized carbons (Fsp3) is 0.375. The van der Waals surface area contributed by atoms with Crippen LogP contribution in [0.2, 0.25) is 0 Å². The Morgan fingerprint density at radius 2 is 1.69 bits per heavy atom. The van der Waals surface area contributed by atoms with Crippen LogP contribution in [0.25, 0.3) is 0 Å². The first-order valence-electron chi connectivity index (χ1n) is 10.5. The highest BCUT2D eigenvalue weighted by Crippen LogP contribution is 2.23. The molecule has 0 unspecified atom stereocenters. The first-order valence-corrected chi connectivity index (χ1v) is 10.5. The van der Waals surface area contributed by atoms with E-state index in [1.165, 1.54) is 38.5 Å². The highest BCUT2D eigenvalue weighted by molar-refractivity contribution is 6.04. The number of hydrogen-bond donors (Lipinski definition) is 0. The Morgan fingerprint density at radius 3 is 2.31 bits per heavy atom. The summed E-state index contributed by atoms with van der Waals surface area (Å²) in [6.45, 7) is 1.94. The van der Waals surface area contributed by atoms with Crippen molar-refractivity contribution in [1.82, 2.24) is 9.80 Å². The quantitative estimate of drug-likeness (QED) is 0.610. The number of likely N-dealkylation sites (tertiary alicyclic amines) is 1. The first kappa shape index (κ1) is 23.4. The summed E-state index contributed by atoms with van der Waals surface area (Å²) >= 11 is 0. The highest BCUT2D eigenvalue weighted by atomic mass is 19.1. The smallest absolute Gasteiger partial charge is 0.416 e. The molecule has 1 saturated heterocycles. The fourth-order valence-corrected chi connectivity index (χ4v) is 3.86. The number of hydrogen-bond acceptors (Lipinski definition) is 6. The average Bonchev–Trinajstić information content (AvgIpc) is 2.84. The molecule has 0 spiro atoms. The maximum atomic E-state index is 13.1. The van der Waals surface area contributed by atoms with Crippen molar-refractivity contribution in [3.05, 3.63) is 65.5 Å². The van der Waals surface area contributed by atoms with Gasteiger partial charge in [0.05, 0.1) is 19.8 Å². The van der Waals surface area contributed by atoms with Gasteiger partial charge in [-0.1, -0.05) is 12.1 Å². The van der Waals surface area contributed by atoms with Gasteiger partial charge in [-0.15, -0.1) is 0 Å². The number of carbonyl (C=O) groups excluding carboxylic acids is 3. The summed E-state index contributed by atoms with van der Waals surface area (Å²) in [6, 6.07) is 12.3. The van der Waals surface area contributed by atoms with E-state index >= 15 is 0 Å². The van der Waals surface area contributed by atoms with Crippen molar-refractivity contribution in [3.63, 3.8) is 0 Å². The molecular formula is C24H27FN2O5. The highest BCUT2D eigenvalue weighted by Gasteiger charge is 2.29. The van der Waals surface area contributed by atoms with E-state index in [0.29, 0.717) is 43.8 Å². The third-order valence-corrected chi connectivity index (χ3v) is 5.70. The van der Waals surface area contributed by atoms with Crippen molar-refractivity contribution in [2.45, 2.75) is 12.8 Å². The second-order valence-corrected chi connectivity index (χ2v) is 7.61. The number of nitrogens with zero attached hydrogens (tertiary/aromatic N) is 2. The van der Waals surface area contributed by atoms with Crippen LogP contribution in [0, 0.1) is 11.7 Å². The molecule has 1 aliphatic rings. The van der Waals surface area contributed by atoms with Crippen molar-refractivity contribution >= 4 is 17.8 Å². The van der Waals surface area contributed by atoms with Crippen LogP contribution < -0.4 is 4.74 Å².